The molecule has 0 amide bonds. The van der Waals surface area contributed by atoms with Crippen molar-refractivity contribution in [2.45, 2.75) is 25.8 Å². The first-order valence-electron chi connectivity index (χ1n) is 9.72. The van der Waals surface area contributed by atoms with Gasteiger partial charge in [0.05, 0.1) is 5.69 Å². The number of piperidine rings is 1. The van der Waals surface area contributed by atoms with Gasteiger partial charge in [0.1, 0.15) is 5.82 Å². The number of nitrogens with zero attached hydrogens (tertiary/aromatic N) is 3. The molecule has 0 saturated carbocycles. The Balaban J connectivity index is 1.26. The van der Waals surface area contributed by atoms with E-state index in [1.807, 2.05) is 12.1 Å². The zero-order valence-electron chi connectivity index (χ0n) is 15.6. The van der Waals surface area contributed by atoms with E-state index in [-0.39, 0.29) is 5.82 Å². The van der Waals surface area contributed by atoms with Crippen molar-refractivity contribution < 1.29 is 4.39 Å². The number of hydrogen-bond acceptors (Lipinski definition) is 3. The van der Waals surface area contributed by atoms with E-state index in [1.165, 1.54) is 42.7 Å². The van der Waals surface area contributed by atoms with Crippen LogP contribution in [-0.4, -0.2) is 43.1 Å². The van der Waals surface area contributed by atoms with E-state index in [1.54, 1.807) is 12.1 Å². The molecule has 0 unspecified atom stereocenters. The SMILES string of the molecule is CN1Cc2ccccc2N1CC1CCN(CCc2ccc(F)cc2)CC1. The molecule has 4 rings (SSSR count). The van der Waals surface area contributed by atoms with Gasteiger partial charge in [-0.3, -0.25) is 0 Å². The van der Waals surface area contributed by atoms with Gasteiger partial charge >= 0.3 is 0 Å². The Morgan fingerprint density at radius 1 is 1.00 bits per heavy atom. The van der Waals surface area contributed by atoms with Gasteiger partial charge in [0.15, 0.2) is 0 Å². The predicted octanol–water partition coefficient (Wildman–Crippen LogP) is 3.95. The third-order valence-corrected chi connectivity index (χ3v) is 5.85. The molecule has 2 aliphatic rings. The van der Waals surface area contributed by atoms with Crippen molar-refractivity contribution in [1.82, 2.24) is 9.91 Å². The first-order valence-corrected chi connectivity index (χ1v) is 9.72. The normalized spacial score (nSPS) is 19.1. The third-order valence-electron chi connectivity index (χ3n) is 5.85. The second-order valence-electron chi connectivity index (χ2n) is 7.69. The Bertz CT molecular complexity index is 722. The Morgan fingerprint density at radius 3 is 2.50 bits per heavy atom. The molecule has 3 nitrogen and oxygen atoms in total. The maximum absolute atomic E-state index is 13.0. The van der Waals surface area contributed by atoms with Crippen LogP contribution in [0.1, 0.15) is 24.0 Å². The van der Waals surface area contributed by atoms with Gasteiger partial charge in [0, 0.05) is 26.7 Å². The average Bonchev–Trinajstić information content (AvgIpc) is 2.98. The summed E-state index contributed by atoms with van der Waals surface area (Å²) in [5.41, 5.74) is 4.05. The van der Waals surface area contributed by atoms with Crippen molar-refractivity contribution in [3.05, 3.63) is 65.5 Å². The lowest BCUT2D eigenvalue weighted by Gasteiger charge is -2.36. The number of anilines is 1. The summed E-state index contributed by atoms with van der Waals surface area (Å²) < 4.78 is 13.0. The number of rotatable bonds is 5. The lowest BCUT2D eigenvalue weighted by Crippen LogP contribution is -2.42. The second kappa shape index (κ2) is 7.77. The molecule has 0 bridgehead atoms. The first-order chi connectivity index (χ1) is 12.7. The van der Waals surface area contributed by atoms with Crippen molar-refractivity contribution >= 4 is 5.69 Å². The van der Waals surface area contributed by atoms with Crippen LogP contribution in [0.2, 0.25) is 0 Å². The molecule has 0 atom stereocenters. The summed E-state index contributed by atoms with van der Waals surface area (Å²) in [5.74, 6) is 0.605. The summed E-state index contributed by atoms with van der Waals surface area (Å²) in [7, 11) is 2.19. The summed E-state index contributed by atoms with van der Waals surface area (Å²) in [4.78, 5) is 2.56. The number of hydrazine groups is 1. The van der Waals surface area contributed by atoms with E-state index in [2.05, 4.69) is 46.2 Å². The van der Waals surface area contributed by atoms with Crippen LogP contribution < -0.4 is 5.01 Å². The molecule has 26 heavy (non-hydrogen) atoms. The fourth-order valence-corrected chi connectivity index (χ4v) is 4.23. The first kappa shape index (κ1) is 17.5. The van der Waals surface area contributed by atoms with Crippen LogP contribution in [0.15, 0.2) is 48.5 Å². The fourth-order valence-electron chi connectivity index (χ4n) is 4.23. The van der Waals surface area contributed by atoms with Gasteiger partial charge < -0.3 is 9.91 Å². The van der Waals surface area contributed by atoms with Crippen molar-refractivity contribution in [2.75, 3.05) is 38.2 Å². The largest absolute Gasteiger partial charge is 0.305 e. The van der Waals surface area contributed by atoms with E-state index < -0.39 is 0 Å². The molecule has 138 valence electrons. The number of para-hydroxylation sites is 1. The van der Waals surface area contributed by atoms with E-state index in [0.717, 1.165) is 32.0 Å². The van der Waals surface area contributed by atoms with Gasteiger partial charge in [-0.25, -0.2) is 9.40 Å². The standard InChI is InChI=1S/C22H28FN3/c1-24-17-20-4-2-3-5-22(20)26(24)16-19-11-14-25(15-12-19)13-10-18-6-8-21(23)9-7-18/h2-9,19H,10-17H2,1H3. The van der Waals surface area contributed by atoms with Crippen LogP contribution in [0.3, 0.4) is 0 Å². The monoisotopic (exact) mass is 353 g/mol. The predicted molar refractivity (Wildman–Crippen MR) is 105 cm³/mol. The highest BCUT2D eigenvalue weighted by Crippen LogP contribution is 2.32. The zero-order chi connectivity index (χ0) is 17.9. The highest BCUT2D eigenvalue weighted by molar-refractivity contribution is 5.55. The average molecular weight is 353 g/mol. The summed E-state index contributed by atoms with van der Waals surface area (Å²) in [6.07, 6.45) is 3.53. The van der Waals surface area contributed by atoms with Crippen molar-refractivity contribution in [3.8, 4) is 0 Å². The molecule has 2 aliphatic heterocycles. The minimum absolute atomic E-state index is 0.150. The molecule has 0 aliphatic carbocycles. The summed E-state index contributed by atoms with van der Waals surface area (Å²) >= 11 is 0. The van der Waals surface area contributed by atoms with Crippen LogP contribution >= 0.6 is 0 Å². The van der Waals surface area contributed by atoms with Crippen LogP contribution in [0.5, 0.6) is 0 Å². The Labute approximate surface area is 156 Å². The van der Waals surface area contributed by atoms with Crippen LogP contribution in [0.4, 0.5) is 10.1 Å². The quantitative estimate of drug-likeness (QED) is 0.806. The van der Waals surface area contributed by atoms with Gasteiger partial charge in [-0.15, -0.1) is 0 Å². The van der Waals surface area contributed by atoms with E-state index in [9.17, 15) is 4.39 Å². The number of halogens is 1. The zero-order valence-corrected chi connectivity index (χ0v) is 15.6. The molecule has 0 spiro atoms. The Kier molecular flexibility index (Phi) is 5.23. The summed E-state index contributed by atoms with van der Waals surface area (Å²) in [5, 5.41) is 4.82. The maximum Gasteiger partial charge on any atom is 0.123 e. The molecule has 0 N–H and O–H groups in total. The molecule has 2 heterocycles. The number of benzene rings is 2. The van der Waals surface area contributed by atoms with E-state index in [0.29, 0.717) is 0 Å². The van der Waals surface area contributed by atoms with Crippen molar-refractivity contribution in [2.24, 2.45) is 5.92 Å². The third kappa shape index (κ3) is 3.92. The molecule has 1 fully saturated rings. The van der Waals surface area contributed by atoms with Gasteiger partial charge in [-0.2, -0.15) is 0 Å². The topological polar surface area (TPSA) is 9.72 Å². The van der Waals surface area contributed by atoms with Gasteiger partial charge in [0.2, 0.25) is 0 Å². The lowest BCUT2D eigenvalue weighted by molar-refractivity contribution is 0.176. The molecule has 0 radical (unpaired) electrons. The molecule has 2 aromatic rings. The van der Waals surface area contributed by atoms with Gasteiger partial charge in [-0.05, 0) is 67.6 Å². The summed E-state index contributed by atoms with van der Waals surface area (Å²) in [6.45, 7) is 5.56. The summed E-state index contributed by atoms with van der Waals surface area (Å²) in [6, 6.07) is 15.7. The molecule has 4 heteroatoms. The van der Waals surface area contributed by atoms with Crippen LogP contribution in [-0.2, 0) is 13.0 Å². The highest BCUT2D eigenvalue weighted by Gasteiger charge is 2.28. The number of hydrogen-bond donors (Lipinski definition) is 0. The molecular weight excluding hydrogens is 325 g/mol. The molecule has 0 aromatic heterocycles. The maximum atomic E-state index is 13.0. The number of likely N-dealkylation sites (tertiary alicyclic amines) is 1. The Hall–Kier alpha value is -1.91. The van der Waals surface area contributed by atoms with Gasteiger partial charge in [-0.1, -0.05) is 30.3 Å². The molecular formula is C22H28FN3. The smallest absolute Gasteiger partial charge is 0.123 e. The minimum Gasteiger partial charge on any atom is -0.305 e. The van der Waals surface area contributed by atoms with Crippen molar-refractivity contribution in [3.63, 3.8) is 0 Å². The molecule has 2 aromatic carbocycles. The van der Waals surface area contributed by atoms with Crippen LogP contribution in [0, 0.1) is 11.7 Å². The van der Waals surface area contributed by atoms with Crippen molar-refractivity contribution in [1.29, 1.82) is 0 Å². The van der Waals surface area contributed by atoms with Crippen LogP contribution in [0.25, 0.3) is 0 Å². The minimum atomic E-state index is -0.150. The fraction of sp³-hybridized carbons (Fsp3) is 0.455. The Morgan fingerprint density at radius 2 is 1.73 bits per heavy atom. The van der Waals surface area contributed by atoms with Gasteiger partial charge in [0.25, 0.3) is 0 Å². The second-order valence-corrected chi connectivity index (χ2v) is 7.69. The highest BCUT2D eigenvalue weighted by atomic mass is 19.1. The lowest BCUT2D eigenvalue weighted by atomic mass is 9.96. The van der Waals surface area contributed by atoms with E-state index in [4.69, 9.17) is 0 Å². The molecule has 1 saturated heterocycles. The number of fused-ring (bicyclic) bond motifs is 1. The van der Waals surface area contributed by atoms with E-state index >= 15 is 0 Å².